The van der Waals surface area contributed by atoms with E-state index in [1.165, 1.54) is 18.1 Å². The van der Waals surface area contributed by atoms with Gasteiger partial charge in [0.25, 0.3) is 0 Å². The van der Waals surface area contributed by atoms with Crippen molar-refractivity contribution in [2.75, 3.05) is 19.1 Å². The minimum atomic E-state index is -0.529. The summed E-state index contributed by atoms with van der Waals surface area (Å²) in [6.07, 6.45) is 0. The monoisotopic (exact) mass is 346 g/mol. The molecule has 0 atom stereocenters. The average molecular weight is 346 g/mol. The number of nitrogens with one attached hydrogen (secondary N) is 1. The molecule has 1 aromatic carbocycles. The highest BCUT2D eigenvalue weighted by molar-refractivity contribution is 5.91. The SMILES string of the molecule is COC(=O)c1ccc(COc2ccc(N(C)C(=O)NC(C)C)cc2)o1. The van der Waals surface area contributed by atoms with Gasteiger partial charge in [0.1, 0.15) is 18.1 Å². The molecule has 25 heavy (non-hydrogen) atoms. The van der Waals surface area contributed by atoms with Crippen LogP contribution in [0.15, 0.2) is 40.8 Å². The summed E-state index contributed by atoms with van der Waals surface area (Å²) in [5, 5.41) is 2.82. The van der Waals surface area contributed by atoms with E-state index in [0.717, 1.165) is 5.69 Å². The van der Waals surface area contributed by atoms with Gasteiger partial charge in [0.2, 0.25) is 5.76 Å². The van der Waals surface area contributed by atoms with E-state index in [4.69, 9.17) is 9.15 Å². The van der Waals surface area contributed by atoms with E-state index in [-0.39, 0.29) is 24.4 Å². The lowest BCUT2D eigenvalue weighted by Gasteiger charge is -2.20. The third-order valence-electron chi connectivity index (χ3n) is 3.37. The predicted molar refractivity (Wildman–Crippen MR) is 92.9 cm³/mol. The molecular formula is C18H22N2O5. The van der Waals surface area contributed by atoms with Gasteiger partial charge in [0, 0.05) is 18.8 Å². The standard InChI is InChI=1S/C18H22N2O5/c1-12(2)19-18(22)20(3)13-5-7-14(8-6-13)24-11-15-9-10-16(25-15)17(21)23-4/h5-10,12H,11H2,1-4H3,(H,19,22). The van der Waals surface area contributed by atoms with E-state index in [9.17, 15) is 9.59 Å². The molecule has 0 unspecified atom stereocenters. The van der Waals surface area contributed by atoms with Crippen LogP contribution in [0.4, 0.5) is 10.5 Å². The first-order valence-corrected chi connectivity index (χ1v) is 7.85. The summed E-state index contributed by atoms with van der Waals surface area (Å²) >= 11 is 0. The maximum atomic E-state index is 12.0. The van der Waals surface area contributed by atoms with Crippen LogP contribution in [-0.2, 0) is 11.3 Å². The molecule has 1 N–H and O–H groups in total. The fourth-order valence-electron chi connectivity index (χ4n) is 2.05. The number of furan rings is 1. The van der Waals surface area contributed by atoms with E-state index >= 15 is 0 Å². The molecule has 7 nitrogen and oxygen atoms in total. The number of esters is 1. The zero-order chi connectivity index (χ0) is 18.4. The van der Waals surface area contributed by atoms with Crippen molar-refractivity contribution in [3.63, 3.8) is 0 Å². The Morgan fingerprint density at radius 2 is 1.84 bits per heavy atom. The van der Waals surface area contributed by atoms with Crippen LogP contribution in [0, 0.1) is 0 Å². The summed E-state index contributed by atoms with van der Waals surface area (Å²) in [5.41, 5.74) is 0.747. The van der Waals surface area contributed by atoms with Crippen molar-refractivity contribution in [2.24, 2.45) is 0 Å². The molecule has 0 radical (unpaired) electrons. The number of carbonyl (C=O) groups excluding carboxylic acids is 2. The molecule has 134 valence electrons. The number of amides is 2. The highest BCUT2D eigenvalue weighted by Gasteiger charge is 2.13. The van der Waals surface area contributed by atoms with Crippen LogP contribution >= 0.6 is 0 Å². The first-order valence-electron chi connectivity index (χ1n) is 7.85. The van der Waals surface area contributed by atoms with Crippen LogP contribution < -0.4 is 15.0 Å². The number of hydrogen-bond acceptors (Lipinski definition) is 5. The normalized spacial score (nSPS) is 10.4. The lowest BCUT2D eigenvalue weighted by Crippen LogP contribution is -2.40. The van der Waals surface area contributed by atoms with E-state index in [1.807, 2.05) is 13.8 Å². The summed E-state index contributed by atoms with van der Waals surface area (Å²) < 4.78 is 15.5. The Labute approximate surface area is 146 Å². The van der Waals surface area contributed by atoms with Gasteiger partial charge in [-0.25, -0.2) is 9.59 Å². The van der Waals surface area contributed by atoms with Gasteiger partial charge in [-0.1, -0.05) is 0 Å². The Morgan fingerprint density at radius 3 is 2.44 bits per heavy atom. The second kappa shape index (κ2) is 8.23. The molecule has 0 saturated heterocycles. The van der Waals surface area contributed by atoms with Crippen molar-refractivity contribution in [1.82, 2.24) is 5.32 Å². The fraction of sp³-hybridized carbons (Fsp3) is 0.333. The Balaban J connectivity index is 1.93. The Hall–Kier alpha value is -2.96. The largest absolute Gasteiger partial charge is 0.486 e. The van der Waals surface area contributed by atoms with Crippen molar-refractivity contribution in [2.45, 2.75) is 26.5 Å². The molecule has 0 aliphatic rings. The molecule has 0 aliphatic heterocycles. The number of ether oxygens (including phenoxy) is 2. The summed E-state index contributed by atoms with van der Waals surface area (Å²) in [6, 6.07) is 10.2. The summed E-state index contributed by atoms with van der Waals surface area (Å²) in [4.78, 5) is 24.8. The Morgan fingerprint density at radius 1 is 1.16 bits per heavy atom. The molecule has 0 saturated carbocycles. The minimum absolute atomic E-state index is 0.0701. The average Bonchev–Trinajstić information content (AvgIpc) is 3.07. The minimum Gasteiger partial charge on any atom is -0.486 e. The lowest BCUT2D eigenvalue weighted by atomic mass is 10.3. The van der Waals surface area contributed by atoms with Gasteiger partial charge in [-0.15, -0.1) is 0 Å². The number of urea groups is 1. The number of rotatable bonds is 6. The predicted octanol–water partition coefficient (Wildman–Crippen LogP) is 3.20. The summed E-state index contributed by atoms with van der Waals surface area (Å²) in [5.74, 6) is 0.739. The third kappa shape index (κ3) is 5.00. The van der Waals surface area contributed by atoms with Crippen molar-refractivity contribution in [3.8, 4) is 5.75 Å². The van der Waals surface area contributed by atoms with Gasteiger partial charge < -0.3 is 19.2 Å². The van der Waals surface area contributed by atoms with Gasteiger partial charge >= 0.3 is 12.0 Å². The molecule has 0 bridgehead atoms. The maximum Gasteiger partial charge on any atom is 0.373 e. The molecule has 0 fully saturated rings. The van der Waals surface area contributed by atoms with Crippen LogP contribution in [0.3, 0.4) is 0 Å². The van der Waals surface area contributed by atoms with Crippen LogP contribution in [0.5, 0.6) is 5.75 Å². The second-order valence-electron chi connectivity index (χ2n) is 5.70. The fourth-order valence-corrected chi connectivity index (χ4v) is 2.05. The molecule has 2 amide bonds. The Bertz CT molecular complexity index is 721. The number of methoxy groups -OCH3 is 1. The first-order chi connectivity index (χ1) is 11.9. The van der Waals surface area contributed by atoms with E-state index in [1.54, 1.807) is 37.4 Å². The summed E-state index contributed by atoms with van der Waals surface area (Å²) in [7, 11) is 2.99. The van der Waals surface area contributed by atoms with Crippen molar-refractivity contribution >= 4 is 17.7 Å². The van der Waals surface area contributed by atoms with Gasteiger partial charge in [-0.2, -0.15) is 0 Å². The molecule has 1 heterocycles. The van der Waals surface area contributed by atoms with Crippen LogP contribution in [0.25, 0.3) is 0 Å². The van der Waals surface area contributed by atoms with E-state index in [2.05, 4.69) is 10.1 Å². The van der Waals surface area contributed by atoms with E-state index < -0.39 is 5.97 Å². The van der Waals surface area contributed by atoms with Gasteiger partial charge in [0.15, 0.2) is 0 Å². The zero-order valence-electron chi connectivity index (χ0n) is 14.7. The molecule has 0 spiro atoms. The first kappa shape index (κ1) is 18.4. The number of benzene rings is 1. The second-order valence-corrected chi connectivity index (χ2v) is 5.70. The van der Waals surface area contributed by atoms with Crippen molar-refractivity contribution in [3.05, 3.63) is 47.9 Å². The number of nitrogens with zero attached hydrogens (tertiary/aromatic N) is 1. The number of hydrogen-bond donors (Lipinski definition) is 1. The molecule has 0 aliphatic carbocycles. The van der Waals surface area contributed by atoms with Crippen LogP contribution in [0.2, 0.25) is 0 Å². The Kier molecular flexibility index (Phi) is 6.05. The highest BCUT2D eigenvalue weighted by Crippen LogP contribution is 2.20. The molecular weight excluding hydrogens is 324 g/mol. The maximum absolute atomic E-state index is 12.0. The van der Waals surface area contributed by atoms with Crippen molar-refractivity contribution < 1.29 is 23.5 Å². The van der Waals surface area contributed by atoms with Crippen LogP contribution in [-0.4, -0.2) is 32.2 Å². The van der Waals surface area contributed by atoms with E-state index in [0.29, 0.717) is 11.5 Å². The quantitative estimate of drug-likeness (QED) is 0.813. The smallest absolute Gasteiger partial charge is 0.373 e. The zero-order valence-corrected chi connectivity index (χ0v) is 14.7. The topological polar surface area (TPSA) is 81.0 Å². The number of anilines is 1. The third-order valence-corrected chi connectivity index (χ3v) is 3.37. The van der Waals surface area contributed by atoms with Gasteiger partial charge in [-0.3, -0.25) is 4.90 Å². The summed E-state index contributed by atoms with van der Waals surface area (Å²) in [6.45, 7) is 3.99. The highest BCUT2D eigenvalue weighted by atomic mass is 16.5. The lowest BCUT2D eigenvalue weighted by molar-refractivity contribution is 0.0561. The molecule has 7 heteroatoms. The van der Waals surface area contributed by atoms with Gasteiger partial charge in [0.05, 0.1) is 7.11 Å². The molecule has 1 aromatic heterocycles. The molecule has 2 rings (SSSR count). The molecule has 2 aromatic rings. The van der Waals surface area contributed by atoms with Gasteiger partial charge in [-0.05, 0) is 50.2 Å². The van der Waals surface area contributed by atoms with Crippen LogP contribution in [0.1, 0.15) is 30.2 Å². The number of carbonyl (C=O) groups is 2. The van der Waals surface area contributed by atoms with Crippen molar-refractivity contribution in [1.29, 1.82) is 0 Å².